The minimum Gasteiger partial charge on any atom is -0.484 e. The molecule has 2 rings (SSSR count). The molecule has 1 aliphatic rings. The summed E-state index contributed by atoms with van der Waals surface area (Å²) in [7, 11) is 0. The summed E-state index contributed by atoms with van der Waals surface area (Å²) in [5.74, 6) is 0.662. The van der Waals surface area contributed by atoms with E-state index in [0.717, 1.165) is 32.4 Å². The topological polar surface area (TPSA) is 53.3 Å². The van der Waals surface area contributed by atoms with Gasteiger partial charge in [0.1, 0.15) is 5.75 Å². The molecule has 1 aromatic carbocycles. The Bertz CT molecular complexity index is 523. The smallest absolute Gasteiger partial charge is 0.260 e. The maximum Gasteiger partial charge on any atom is 0.260 e. The first-order chi connectivity index (χ1) is 10.1. The molecule has 4 nitrogen and oxygen atoms in total. The summed E-state index contributed by atoms with van der Waals surface area (Å²) in [5, 5.41) is 8.73. The highest BCUT2D eigenvalue weighted by atomic mass is 16.5. The first kappa shape index (κ1) is 15.4. The monoisotopic (exact) mass is 286 g/mol. The number of ether oxygens (including phenoxy) is 1. The lowest BCUT2D eigenvalue weighted by Gasteiger charge is -2.38. The Morgan fingerprint density at radius 1 is 1.33 bits per heavy atom. The van der Waals surface area contributed by atoms with Gasteiger partial charge in [-0.05, 0) is 42.5 Å². The highest BCUT2D eigenvalue weighted by Gasteiger charge is 2.30. The van der Waals surface area contributed by atoms with Crippen LogP contribution in [0, 0.1) is 16.7 Å². The van der Waals surface area contributed by atoms with Gasteiger partial charge in [-0.15, -0.1) is 0 Å². The molecule has 0 aliphatic carbocycles. The van der Waals surface area contributed by atoms with E-state index in [1.165, 1.54) is 0 Å². The zero-order chi connectivity index (χ0) is 15.3. The summed E-state index contributed by atoms with van der Waals surface area (Å²) < 4.78 is 5.50. The molecular weight excluding hydrogens is 264 g/mol. The number of nitrogens with zero attached hydrogens (tertiary/aromatic N) is 2. The number of likely N-dealkylation sites (tertiary alicyclic amines) is 1. The Labute approximate surface area is 126 Å². The Balaban J connectivity index is 1.81. The average molecular weight is 286 g/mol. The van der Waals surface area contributed by atoms with E-state index in [2.05, 4.69) is 19.9 Å². The van der Waals surface area contributed by atoms with Crippen molar-refractivity contribution in [2.75, 3.05) is 19.7 Å². The van der Waals surface area contributed by atoms with Crippen LogP contribution < -0.4 is 4.74 Å². The normalized spacial score (nSPS) is 17.1. The summed E-state index contributed by atoms with van der Waals surface area (Å²) in [4.78, 5) is 14.0. The molecule has 0 spiro atoms. The molecule has 1 heterocycles. The van der Waals surface area contributed by atoms with E-state index < -0.39 is 0 Å². The quantitative estimate of drug-likeness (QED) is 0.855. The van der Waals surface area contributed by atoms with Gasteiger partial charge in [0.05, 0.1) is 11.6 Å². The number of nitriles is 1. The molecule has 0 atom stereocenters. The second-order valence-electron chi connectivity index (χ2n) is 5.97. The molecular formula is C17H22N2O2. The molecule has 0 unspecified atom stereocenters. The van der Waals surface area contributed by atoms with Crippen LogP contribution in [0.3, 0.4) is 0 Å². The molecule has 0 N–H and O–H groups in total. The lowest BCUT2D eigenvalue weighted by molar-refractivity contribution is -0.135. The van der Waals surface area contributed by atoms with E-state index in [1.54, 1.807) is 24.3 Å². The number of hydrogen-bond acceptors (Lipinski definition) is 3. The van der Waals surface area contributed by atoms with Gasteiger partial charge in [-0.1, -0.05) is 20.3 Å². The van der Waals surface area contributed by atoms with Crippen LogP contribution in [0.1, 0.15) is 38.7 Å². The standard InChI is InChI=1S/C17H22N2O2/c1-3-17(2)8-10-19(11-9-17)16(20)13-21-15-6-4-14(12-18)5-7-15/h4-7H,3,8-11,13H2,1-2H3. The number of amides is 1. The van der Waals surface area contributed by atoms with Crippen molar-refractivity contribution in [1.29, 1.82) is 5.26 Å². The van der Waals surface area contributed by atoms with Gasteiger partial charge in [0, 0.05) is 13.1 Å². The van der Waals surface area contributed by atoms with Crippen molar-refractivity contribution < 1.29 is 9.53 Å². The molecule has 0 radical (unpaired) electrons. The number of rotatable bonds is 4. The van der Waals surface area contributed by atoms with E-state index in [0.29, 0.717) is 16.7 Å². The zero-order valence-electron chi connectivity index (χ0n) is 12.8. The molecule has 1 fully saturated rings. The fraction of sp³-hybridized carbons (Fsp3) is 0.529. The second kappa shape index (κ2) is 6.62. The Kier molecular flexibility index (Phi) is 4.85. The maximum atomic E-state index is 12.1. The summed E-state index contributed by atoms with van der Waals surface area (Å²) in [6.45, 7) is 6.21. The van der Waals surface area contributed by atoms with E-state index >= 15 is 0 Å². The zero-order valence-corrected chi connectivity index (χ0v) is 12.8. The number of piperidine rings is 1. The Morgan fingerprint density at radius 2 is 1.95 bits per heavy atom. The van der Waals surface area contributed by atoms with E-state index in [4.69, 9.17) is 10.00 Å². The van der Waals surface area contributed by atoms with Crippen molar-refractivity contribution >= 4 is 5.91 Å². The molecule has 1 aliphatic heterocycles. The third kappa shape index (κ3) is 3.98. The SMILES string of the molecule is CCC1(C)CCN(C(=O)COc2ccc(C#N)cc2)CC1. The van der Waals surface area contributed by atoms with Gasteiger partial charge in [0.15, 0.2) is 6.61 Å². The van der Waals surface area contributed by atoms with Crippen LogP contribution in [0.15, 0.2) is 24.3 Å². The third-order valence-corrected chi connectivity index (χ3v) is 4.52. The predicted octanol–water partition coefficient (Wildman–Crippen LogP) is 2.98. The second-order valence-corrected chi connectivity index (χ2v) is 5.97. The average Bonchev–Trinajstić information content (AvgIpc) is 2.54. The molecule has 1 saturated heterocycles. The summed E-state index contributed by atoms with van der Waals surface area (Å²) in [5.41, 5.74) is 0.966. The first-order valence-corrected chi connectivity index (χ1v) is 7.47. The molecule has 0 bridgehead atoms. The van der Waals surface area contributed by atoms with Crippen LogP contribution in [0.2, 0.25) is 0 Å². The lowest BCUT2D eigenvalue weighted by atomic mass is 9.78. The van der Waals surface area contributed by atoms with Crippen LogP contribution in [0.5, 0.6) is 5.75 Å². The van der Waals surface area contributed by atoms with Gasteiger partial charge in [0.2, 0.25) is 0 Å². The number of hydrogen-bond donors (Lipinski definition) is 0. The van der Waals surface area contributed by atoms with Crippen molar-refractivity contribution in [3.05, 3.63) is 29.8 Å². The lowest BCUT2D eigenvalue weighted by Crippen LogP contribution is -2.43. The minimum atomic E-state index is 0.0394. The van der Waals surface area contributed by atoms with Gasteiger partial charge in [-0.25, -0.2) is 0 Å². The highest BCUT2D eigenvalue weighted by molar-refractivity contribution is 5.77. The molecule has 21 heavy (non-hydrogen) atoms. The summed E-state index contributed by atoms with van der Waals surface area (Å²) >= 11 is 0. The van der Waals surface area contributed by atoms with E-state index in [9.17, 15) is 4.79 Å². The van der Waals surface area contributed by atoms with Gasteiger partial charge in [-0.2, -0.15) is 5.26 Å². The van der Waals surface area contributed by atoms with Crippen molar-refractivity contribution in [2.45, 2.75) is 33.1 Å². The van der Waals surface area contributed by atoms with Gasteiger partial charge < -0.3 is 9.64 Å². The molecule has 4 heteroatoms. The fourth-order valence-electron chi connectivity index (χ4n) is 2.51. The molecule has 0 aromatic heterocycles. The van der Waals surface area contributed by atoms with Crippen molar-refractivity contribution in [2.24, 2.45) is 5.41 Å². The first-order valence-electron chi connectivity index (χ1n) is 7.47. The number of benzene rings is 1. The van der Waals surface area contributed by atoms with E-state index in [-0.39, 0.29) is 12.5 Å². The van der Waals surface area contributed by atoms with Crippen molar-refractivity contribution in [3.8, 4) is 11.8 Å². The Hall–Kier alpha value is -2.02. The fourth-order valence-corrected chi connectivity index (χ4v) is 2.51. The van der Waals surface area contributed by atoms with Crippen LogP contribution in [0.25, 0.3) is 0 Å². The van der Waals surface area contributed by atoms with Crippen LogP contribution in [-0.4, -0.2) is 30.5 Å². The minimum absolute atomic E-state index is 0.0394. The largest absolute Gasteiger partial charge is 0.484 e. The van der Waals surface area contributed by atoms with E-state index in [1.807, 2.05) is 4.90 Å². The third-order valence-electron chi connectivity index (χ3n) is 4.52. The van der Waals surface area contributed by atoms with Crippen LogP contribution >= 0.6 is 0 Å². The number of carbonyl (C=O) groups excluding carboxylic acids is 1. The maximum absolute atomic E-state index is 12.1. The highest BCUT2D eigenvalue weighted by Crippen LogP contribution is 2.33. The summed E-state index contributed by atoms with van der Waals surface area (Å²) in [6, 6.07) is 8.87. The van der Waals surface area contributed by atoms with Crippen LogP contribution in [0.4, 0.5) is 0 Å². The van der Waals surface area contributed by atoms with Crippen molar-refractivity contribution in [1.82, 2.24) is 4.90 Å². The Morgan fingerprint density at radius 3 is 2.48 bits per heavy atom. The number of carbonyl (C=O) groups is 1. The van der Waals surface area contributed by atoms with Crippen molar-refractivity contribution in [3.63, 3.8) is 0 Å². The molecule has 0 saturated carbocycles. The van der Waals surface area contributed by atoms with Gasteiger partial charge in [0.25, 0.3) is 5.91 Å². The molecule has 112 valence electrons. The summed E-state index contributed by atoms with van der Waals surface area (Å²) in [6.07, 6.45) is 3.29. The van der Waals surface area contributed by atoms with Crippen LogP contribution in [-0.2, 0) is 4.79 Å². The predicted molar refractivity (Wildman–Crippen MR) is 80.9 cm³/mol. The molecule has 1 aromatic rings. The van der Waals surface area contributed by atoms with Gasteiger partial charge >= 0.3 is 0 Å². The van der Waals surface area contributed by atoms with Gasteiger partial charge in [-0.3, -0.25) is 4.79 Å². The molecule has 1 amide bonds.